The summed E-state index contributed by atoms with van der Waals surface area (Å²) < 4.78 is 0. The topological polar surface area (TPSA) is 41.1 Å². The standard InChI is InChI=1S/C11H20N2O/c1-3-8-12-9(2)11(14)13-10-6-4-5-7-10/h3,9-10,12H,1,4-8H2,2H3,(H,13,14). The molecule has 0 aliphatic heterocycles. The van der Waals surface area contributed by atoms with Crippen molar-refractivity contribution in [3.8, 4) is 0 Å². The highest BCUT2D eigenvalue weighted by molar-refractivity contribution is 5.81. The first-order valence-electron chi connectivity index (χ1n) is 5.38. The van der Waals surface area contributed by atoms with Gasteiger partial charge in [0.2, 0.25) is 5.91 Å². The average Bonchev–Trinajstić information content (AvgIpc) is 2.66. The quantitative estimate of drug-likeness (QED) is 0.649. The molecule has 1 fully saturated rings. The van der Waals surface area contributed by atoms with Gasteiger partial charge >= 0.3 is 0 Å². The molecule has 14 heavy (non-hydrogen) atoms. The molecule has 3 heteroatoms. The number of nitrogens with one attached hydrogen (secondary N) is 2. The zero-order chi connectivity index (χ0) is 10.4. The van der Waals surface area contributed by atoms with Crippen molar-refractivity contribution in [2.75, 3.05) is 6.54 Å². The maximum Gasteiger partial charge on any atom is 0.237 e. The highest BCUT2D eigenvalue weighted by Gasteiger charge is 2.19. The summed E-state index contributed by atoms with van der Waals surface area (Å²) in [4.78, 5) is 11.6. The Morgan fingerprint density at radius 2 is 2.21 bits per heavy atom. The molecule has 2 N–H and O–H groups in total. The van der Waals surface area contributed by atoms with E-state index in [9.17, 15) is 4.79 Å². The Hall–Kier alpha value is -0.830. The van der Waals surface area contributed by atoms with E-state index in [-0.39, 0.29) is 11.9 Å². The van der Waals surface area contributed by atoms with Crippen molar-refractivity contribution in [1.29, 1.82) is 0 Å². The number of carbonyl (C=O) groups excluding carboxylic acids is 1. The zero-order valence-electron chi connectivity index (χ0n) is 8.88. The monoisotopic (exact) mass is 196 g/mol. The van der Waals surface area contributed by atoms with E-state index < -0.39 is 0 Å². The van der Waals surface area contributed by atoms with Crippen LogP contribution in [0.5, 0.6) is 0 Å². The third kappa shape index (κ3) is 3.50. The fourth-order valence-corrected chi connectivity index (χ4v) is 1.75. The Morgan fingerprint density at radius 1 is 1.57 bits per heavy atom. The molecule has 0 aromatic heterocycles. The van der Waals surface area contributed by atoms with Crippen molar-refractivity contribution in [2.45, 2.75) is 44.7 Å². The van der Waals surface area contributed by atoms with Crippen LogP contribution in [0.25, 0.3) is 0 Å². The second-order valence-electron chi connectivity index (χ2n) is 3.91. The van der Waals surface area contributed by atoms with Crippen molar-refractivity contribution in [3.05, 3.63) is 12.7 Å². The van der Waals surface area contributed by atoms with Crippen LogP contribution in [0.3, 0.4) is 0 Å². The average molecular weight is 196 g/mol. The van der Waals surface area contributed by atoms with Gasteiger partial charge in [0.15, 0.2) is 0 Å². The molecule has 0 aromatic rings. The largest absolute Gasteiger partial charge is 0.352 e. The normalized spacial score (nSPS) is 19.2. The molecule has 0 aromatic carbocycles. The van der Waals surface area contributed by atoms with Gasteiger partial charge < -0.3 is 10.6 Å². The minimum Gasteiger partial charge on any atom is -0.352 e. The SMILES string of the molecule is C=CCNC(C)C(=O)NC1CCCC1. The van der Waals surface area contributed by atoms with Crippen LogP contribution in [0, 0.1) is 0 Å². The smallest absolute Gasteiger partial charge is 0.237 e. The summed E-state index contributed by atoms with van der Waals surface area (Å²) in [6.07, 6.45) is 6.54. The molecule has 1 unspecified atom stereocenters. The van der Waals surface area contributed by atoms with Gasteiger partial charge in [-0.2, -0.15) is 0 Å². The first-order chi connectivity index (χ1) is 6.74. The number of rotatable bonds is 5. The number of amides is 1. The van der Waals surface area contributed by atoms with Crippen molar-refractivity contribution in [3.63, 3.8) is 0 Å². The molecule has 1 aliphatic rings. The molecule has 0 heterocycles. The summed E-state index contributed by atoms with van der Waals surface area (Å²) >= 11 is 0. The summed E-state index contributed by atoms with van der Waals surface area (Å²) in [5, 5.41) is 6.13. The predicted molar refractivity (Wildman–Crippen MR) is 58.1 cm³/mol. The summed E-state index contributed by atoms with van der Waals surface area (Å²) in [5.74, 6) is 0.110. The molecule has 0 saturated heterocycles. The van der Waals surface area contributed by atoms with E-state index in [0.29, 0.717) is 12.6 Å². The lowest BCUT2D eigenvalue weighted by atomic mass is 10.2. The Balaban J connectivity index is 2.21. The zero-order valence-corrected chi connectivity index (χ0v) is 8.88. The second-order valence-corrected chi connectivity index (χ2v) is 3.91. The highest BCUT2D eigenvalue weighted by atomic mass is 16.2. The molecular weight excluding hydrogens is 176 g/mol. The molecule has 0 bridgehead atoms. The summed E-state index contributed by atoms with van der Waals surface area (Å²) in [5.41, 5.74) is 0. The van der Waals surface area contributed by atoms with Gasteiger partial charge in [0, 0.05) is 12.6 Å². The summed E-state index contributed by atoms with van der Waals surface area (Å²) in [6.45, 7) is 6.16. The number of hydrogen-bond donors (Lipinski definition) is 2. The minimum absolute atomic E-state index is 0.110. The Labute approximate surface area is 86.0 Å². The first-order valence-corrected chi connectivity index (χ1v) is 5.38. The lowest BCUT2D eigenvalue weighted by Crippen LogP contribution is -2.45. The molecule has 0 spiro atoms. The number of hydrogen-bond acceptors (Lipinski definition) is 2. The van der Waals surface area contributed by atoms with Crippen molar-refractivity contribution in [1.82, 2.24) is 10.6 Å². The molecular formula is C11H20N2O. The van der Waals surface area contributed by atoms with Crippen LogP contribution in [0.1, 0.15) is 32.6 Å². The minimum atomic E-state index is -0.117. The molecule has 1 rings (SSSR count). The maximum atomic E-state index is 11.6. The molecule has 1 amide bonds. The van der Waals surface area contributed by atoms with E-state index in [1.54, 1.807) is 6.08 Å². The van der Waals surface area contributed by atoms with Crippen LogP contribution >= 0.6 is 0 Å². The van der Waals surface area contributed by atoms with Gasteiger partial charge in [-0.25, -0.2) is 0 Å². The molecule has 80 valence electrons. The van der Waals surface area contributed by atoms with Crippen molar-refractivity contribution < 1.29 is 4.79 Å². The lowest BCUT2D eigenvalue weighted by molar-refractivity contribution is -0.123. The van der Waals surface area contributed by atoms with E-state index in [0.717, 1.165) is 12.8 Å². The fraction of sp³-hybridized carbons (Fsp3) is 0.727. The van der Waals surface area contributed by atoms with Crippen LogP contribution in [0.2, 0.25) is 0 Å². The lowest BCUT2D eigenvalue weighted by Gasteiger charge is -2.16. The highest BCUT2D eigenvalue weighted by Crippen LogP contribution is 2.17. The molecule has 3 nitrogen and oxygen atoms in total. The van der Waals surface area contributed by atoms with Gasteiger partial charge in [-0.1, -0.05) is 18.9 Å². The van der Waals surface area contributed by atoms with E-state index in [1.165, 1.54) is 12.8 Å². The summed E-state index contributed by atoms with van der Waals surface area (Å²) in [6, 6.07) is 0.295. The van der Waals surface area contributed by atoms with E-state index >= 15 is 0 Å². The molecule has 0 radical (unpaired) electrons. The molecule has 1 atom stereocenters. The second kappa shape index (κ2) is 5.81. The van der Waals surface area contributed by atoms with Gasteiger partial charge in [-0.15, -0.1) is 6.58 Å². The van der Waals surface area contributed by atoms with Crippen LogP contribution in [0.15, 0.2) is 12.7 Å². The third-order valence-electron chi connectivity index (χ3n) is 2.66. The van der Waals surface area contributed by atoms with Crippen LogP contribution < -0.4 is 10.6 Å². The van der Waals surface area contributed by atoms with E-state index in [1.807, 2.05) is 6.92 Å². The fourth-order valence-electron chi connectivity index (χ4n) is 1.75. The van der Waals surface area contributed by atoms with Crippen LogP contribution in [-0.2, 0) is 4.79 Å². The Bertz CT molecular complexity index is 197. The van der Waals surface area contributed by atoms with Gasteiger partial charge in [0.1, 0.15) is 0 Å². The third-order valence-corrected chi connectivity index (χ3v) is 2.66. The molecule has 1 saturated carbocycles. The Morgan fingerprint density at radius 3 is 2.79 bits per heavy atom. The predicted octanol–water partition coefficient (Wildman–Crippen LogP) is 1.21. The van der Waals surface area contributed by atoms with Crippen LogP contribution in [-0.4, -0.2) is 24.5 Å². The Kier molecular flexibility index (Phi) is 4.66. The van der Waals surface area contributed by atoms with E-state index in [2.05, 4.69) is 17.2 Å². The van der Waals surface area contributed by atoms with Gasteiger partial charge in [0.25, 0.3) is 0 Å². The maximum absolute atomic E-state index is 11.6. The first kappa shape index (κ1) is 11.2. The van der Waals surface area contributed by atoms with Gasteiger partial charge in [-0.05, 0) is 19.8 Å². The van der Waals surface area contributed by atoms with Crippen molar-refractivity contribution >= 4 is 5.91 Å². The summed E-state index contributed by atoms with van der Waals surface area (Å²) in [7, 11) is 0. The van der Waals surface area contributed by atoms with E-state index in [4.69, 9.17) is 0 Å². The van der Waals surface area contributed by atoms with Gasteiger partial charge in [0.05, 0.1) is 6.04 Å². The van der Waals surface area contributed by atoms with Crippen molar-refractivity contribution in [2.24, 2.45) is 0 Å². The van der Waals surface area contributed by atoms with Gasteiger partial charge in [-0.3, -0.25) is 4.79 Å². The van der Waals surface area contributed by atoms with Crippen LogP contribution in [0.4, 0.5) is 0 Å². The molecule has 1 aliphatic carbocycles. The number of carbonyl (C=O) groups is 1.